The minimum Gasteiger partial charge on any atom is -0.353 e. The number of likely N-dealkylation sites (N-methyl/N-ethyl adjacent to an activating group) is 1. The largest absolute Gasteiger partial charge is 0.451 e. The molecule has 1 aromatic carbocycles. The summed E-state index contributed by atoms with van der Waals surface area (Å²) < 4.78 is 52.8. The highest BCUT2D eigenvalue weighted by Gasteiger charge is 2.36. The van der Waals surface area contributed by atoms with Crippen LogP contribution in [0.1, 0.15) is 5.82 Å². The number of fused-ring (bicyclic) bond motifs is 1. The number of piperazine rings is 1. The molecule has 4 nitrogen and oxygen atoms in total. The van der Waals surface area contributed by atoms with Crippen LogP contribution in [0.5, 0.6) is 0 Å². The molecule has 3 rings (SSSR count). The van der Waals surface area contributed by atoms with Crippen molar-refractivity contribution in [3.05, 3.63) is 29.8 Å². The molecule has 8 heteroatoms. The molecule has 2 aromatic rings. The first-order chi connectivity index (χ1) is 10.4. The third-order valence-corrected chi connectivity index (χ3v) is 3.71. The first-order valence-corrected chi connectivity index (χ1v) is 6.83. The predicted octanol–water partition coefficient (Wildman–Crippen LogP) is 2.54. The van der Waals surface area contributed by atoms with E-state index in [9.17, 15) is 17.6 Å². The van der Waals surface area contributed by atoms with Gasteiger partial charge in [-0.15, -0.1) is 0 Å². The molecule has 118 valence electrons. The Morgan fingerprint density at radius 1 is 1.05 bits per heavy atom. The van der Waals surface area contributed by atoms with Crippen LogP contribution in [0.2, 0.25) is 0 Å². The Labute approximate surface area is 124 Å². The van der Waals surface area contributed by atoms with Crippen molar-refractivity contribution in [2.24, 2.45) is 0 Å². The lowest BCUT2D eigenvalue weighted by Gasteiger charge is -2.33. The van der Waals surface area contributed by atoms with Crippen LogP contribution in [-0.4, -0.2) is 48.1 Å². The van der Waals surface area contributed by atoms with E-state index < -0.39 is 17.8 Å². The van der Waals surface area contributed by atoms with E-state index in [-0.39, 0.29) is 11.3 Å². The molecule has 0 bridgehead atoms. The number of alkyl halides is 3. The van der Waals surface area contributed by atoms with Crippen LogP contribution in [0.4, 0.5) is 23.4 Å². The Kier molecular flexibility index (Phi) is 3.64. The summed E-state index contributed by atoms with van der Waals surface area (Å²) in [7, 11) is 1.94. The van der Waals surface area contributed by atoms with Crippen molar-refractivity contribution >= 4 is 16.7 Å². The van der Waals surface area contributed by atoms with Gasteiger partial charge in [-0.3, -0.25) is 0 Å². The van der Waals surface area contributed by atoms with E-state index >= 15 is 0 Å². The summed E-state index contributed by atoms with van der Waals surface area (Å²) in [6.45, 7) is 2.50. The molecular formula is C14H14F4N4. The number of anilines is 1. The highest BCUT2D eigenvalue weighted by Crippen LogP contribution is 2.32. The second-order valence-electron chi connectivity index (χ2n) is 5.29. The number of hydrogen-bond donors (Lipinski definition) is 0. The summed E-state index contributed by atoms with van der Waals surface area (Å²) in [5, 5.41) is 0.303. The van der Waals surface area contributed by atoms with Gasteiger partial charge in [-0.2, -0.15) is 13.2 Å². The second-order valence-corrected chi connectivity index (χ2v) is 5.29. The molecule has 0 aliphatic carbocycles. The molecule has 1 fully saturated rings. The standard InChI is InChI=1S/C14H14F4N4/c1-21-5-7-22(8-6-21)12-9-3-2-4-10(15)11(9)19-13(20-12)14(16,17)18/h2-4H,5-8H2,1H3. The number of halogens is 4. The summed E-state index contributed by atoms with van der Waals surface area (Å²) in [4.78, 5) is 10.9. The number of para-hydroxylation sites is 1. The maximum absolute atomic E-state index is 13.9. The van der Waals surface area contributed by atoms with Gasteiger partial charge in [0.25, 0.3) is 0 Å². The topological polar surface area (TPSA) is 32.3 Å². The molecule has 0 spiro atoms. The average molecular weight is 314 g/mol. The molecule has 0 atom stereocenters. The summed E-state index contributed by atoms with van der Waals surface area (Å²) in [6.07, 6.45) is -4.71. The fourth-order valence-corrected chi connectivity index (χ4v) is 2.49. The second kappa shape index (κ2) is 5.35. The Morgan fingerprint density at radius 2 is 1.73 bits per heavy atom. The third-order valence-electron chi connectivity index (χ3n) is 3.71. The van der Waals surface area contributed by atoms with Crippen LogP contribution in [0.25, 0.3) is 10.9 Å². The van der Waals surface area contributed by atoms with Gasteiger partial charge in [0.15, 0.2) is 0 Å². The summed E-state index contributed by atoms with van der Waals surface area (Å²) in [5.74, 6) is -1.94. The van der Waals surface area contributed by atoms with E-state index in [2.05, 4.69) is 14.9 Å². The maximum atomic E-state index is 13.9. The van der Waals surface area contributed by atoms with Crippen LogP contribution in [0.15, 0.2) is 18.2 Å². The van der Waals surface area contributed by atoms with Crippen molar-refractivity contribution in [1.29, 1.82) is 0 Å². The summed E-state index contributed by atoms with van der Waals surface area (Å²) in [5.41, 5.74) is -0.293. The summed E-state index contributed by atoms with van der Waals surface area (Å²) in [6, 6.07) is 4.10. The van der Waals surface area contributed by atoms with Crippen LogP contribution in [-0.2, 0) is 6.18 Å². The molecule has 1 aliphatic rings. The van der Waals surface area contributed by atoms with Crippen molar-refractivity contribution in [1.82, 2.24) is 14.9 Å². The van der Waals surface area contributed by atoms with Crippen LogP contribution < -0.4 is 4.90 Å². The summed E-state index contributed by atoms with van der Waals surface area (Å²) >= 11 is 0. The zero-order valence-electron chi connectivity index (χ0n) is 11.9. The zero-order chi connectivity index (χ0) is 15.9. The highest BCUT2D eigenvalue weighted by atomic mass is 19.4. The minimum absolute atomic E-state index is 0.143. The molecule has 1 aliphatic heterocycles. The van der Waals surface area contributed by atoms with Crippen LogP contribution >= 0.6 is 0 Å². The Balaban J connectivity index is 2.16. The van der Waals surface area contributed by atoms with Crippen LogP contribution in [0.3, 0.4) is 0 Å². The van der Waals surface area contributed by atoms with Crippen molar-refractivity contribution < 1.29 is 17.6 Å². The molecule has 0 N–H and O–H groups in total. The SMILES string of the molecule is CN1CCN(c2nc(C(F)(F)F)nc3c(F)cccc23)CC1. The van der Waals surface area contributed by atoms with E-state index in [0.29, 0.717) is 31.6 Å². The average Bonchev–Trinajstić information content (AvgIpc) is 2.47. The Hall–Kier alpha value is -1.96. The van der Waals surface area contributed by atoms with E-state index in [1.807, 2.05) is 7.05 Å². The van der Waals surface area contributed by atoms with Crippen LogP contribution in [0, 0.1) is 5.82 Å². The number of rotatable bonds is 1. The first kappa shape index (κ1) is 15.0. The highest BCUT2D eigenvalue weighted by molar-refractivity contribution is 5.90. The monoisotopic (exact) mass is 314 g/mol. The minimum atomic E-state index is -4.71. The van der Waals surface area contributed by atoms with E-state index in [4.69, 9.17) is 0 Å². The lowest BCUT2D eigenvalue weighted by Crippen LogP contribution is -2.45. The Morgan fingerprint density at radius 3 is 2.36 bits per heavy atom. The van der Waals surface area contributed by atoms with Crippen molar-refractivity contribution in [3.63, 3.8) is 0 Å². The molecular weight excluding hydrogens is 300 g/mol. The van der Waals surface area contributed by atoms with Gasteiger partial charge in [0.2, 0.25) is 5.82 Å². The molecule has 1 saturated heterocycles. The maximum Gasteiger partial charge on any atom is 0.451 e. The van der Waals surface area contributed by atoms with Gasteiger partial charge >= 0.3 is 6.18 Å². The lowest BCUT2D eigenvalue weighted by molar-refractivity contribution is -0.144. The zero-order valence-corrected chi connectivity index (χ0v) is 11.9. The van der Waals surface area contributed by atoms with E-state index in [1.165, 1.54) is 6.07 Å². The molecule has 2 heterocycles. The molecule has 0 radical (unpaired) electrons. The van der Waals surface area contributed by atoms with Gasteiger partial charge in [-0.1, -0.05) is 6.07 Å². The molecule has 22 heavy (non-hydrogen) atoms. The first-order valence-electron chi connectivity index (χ1n) is 6.83. The number of nitrogens with zero attached hydrogens (tertiary/aromatic N) is 4. The molecule has 0 amide bonds. The number of aromatic nitrogens is 2. The number of hydrogen-bond acceptors (Lipinski definition) is 4. The van der Waals surface area contributed by atoms with E-state index in [0.717, 1.165) is 6.07 Å². The quantitative estimate of drug-likeness (QED) is 0.757. The molecule has 0 saturated carbocycles. The van der Waals surface area contributed by atoms with E-state index in [1.54, 1.807) is 11.0 Å². The third kappa shape index (κ3) is 2.70. The normalized spacial score (nSPS) is 17.2. The van der Waals surface area contributed by atoms with Gasteiger partial charge in [-0.25, -0.2) is 14.4 Å². The van der Waals surface area contributed by atoms with Gasteiger partial charge in [0, 0.05) is 31.6 Å². The van der Waals surface area contributed by atoms with Gasteiger partial charge < -0.3 is 9.80 Å². The van der Waals surface area contributed by atoms with Gasteiger partial charge in [0.05, 0.1) is 0 Å². The fourth-order valence-electron chi connectivity index (χ4n) is 2.49. The lowest BCUT2D eigenvalue weighted by atomic mass is 10.2. The predicted molar refractivity (Wildman–Crippen MR) is 74.2 cm³/mol. The van der Waals surface area contributed by atoms with Crippen molar-refractivity contribution in [3.8, 4) is 0 Å². The van der Waals surface area contributed by atoms with Gasteiger partial charge in [0.1, 0.15) is 17.2 Å². The fraction of sp³-hybridized carbons (Fsp3) is 0.429. The smallest absolute Gasteiger partial charge is 0.353 e. The molecule has 0 unspecified atom stereocenters. The van der Waals surface area contributed by atoms with Gasteiger partial charge in [-0.05, 0) is 19.2 Å². The van der Waals surface area contributed by atoms with Crippen molar-refractivity contribution in [2.75, 3.05) is 38.1 Å². The number of benzene rings is 1. The van der Waals surface area contributed by atoms with Crippen molar-refractivity contribution in [2.45, 2.75) is 6.18 Å². The Bertz CT molecular complexity index is 693. The molecule has 1 aromatic heterocycles.